The summed E-state index contributed by atoms with van der Waals surface area (Å²) in [6, 6.07) is 4.85. The van der Waals surface area contributed by atoms with E-state index in [9.17, 15) is 22.8 Å². The number of halogens is 3. The third-order valence-electron chi connectivity index (χ3n) is 6.10. The number of carbonyl (C=O) groups excluding carboxylic acids is 2. The maximum Gasteiger partial charge on any atom is 0.416 e. The molecule has 0 aromatic heterocycles. The summed E-state index contributed by atoms with van der Waals surface area (Å²) < 4.78 is 51.1. The van der Waals surface area contributed by atoms with E-state index in [2.05, 4.69) is 4.99 Å². The number of allylic oxidation sites excluding steroid dienone is 2. The molecule has 0 N–H and O–H groups in total. The largest absolute Gasteiger partial charge is 0.462 e. The molecule has 3 atom stereocenters. The van der Waals surface area contributed by atoms with Gasteiger partial charge < -0.3 is 9.47 Å². The summed E-state index contributed by atoms with van der Waals surface area (Å²) in [5.74, 6) is -2.56. The lowest BCUT2D eigenvalue weighted by Gasteiger charge is -2.34. The molecular weight excluding hydrogens is 411 g/mol. The van der Waals surface area contributed by atoms with Crippen LogP contribution in [0.1, 0.15) is 56.1 Å². The molecule has 166 valence electrons. The number of benzene rings is 1. The molecule has 8 heteroatoms. The second-order valence-corrected chi connectivity index (χ2v) is 8.23. The van der Waals surface area contributed by atoms with Crippen molar-refractivity contribution in [3.05, 3.63) is 46.7 Å². The molecule has 0 saturated carbocycles. The Labute approximate surface area is 178 Å². The molecule has 0 radical (unpaired) electrons. The summed E-state index contributed by atoms with van der Waals surface area (Å²) in [6.07, 6.45) is -1.54. The van der Waals surface area contributed by atoms with Crippen LogP contribution in [0, 0.1) is 5.92 Å². The summed E-state index contributed by atoms with van der Waals surface area (Å²) in [4.78, 5) is 30.4. The second kappa shape index (κ2) is 8.57. The fourth-order valence-corrected chi connectivity index (χ4v) is 4.62. The minimum atomic E-state index is -4.53. The molecule has 0 amide bonds. The SMILES string of the molecule is CC1=NC2=C(C(=O)CCC2)C(c2cccc(C(F)(F)F)c2)C1C(=O)OCC1CCCO1. The topological polar surface area (TPSA) is 65.0 Å². The summed E-state index contributed by atoms with van der Waals surface area (Å²) in [5.41, 5.74) is 0.815. The molecule has 1 aromatic carbocycles. The summed E-state index contributed by atoms with van der Waals surface area (Å²) in [6.45, 7) is 2.36. The molecule has 3 unspecified atom stereocenters. The highest BCUT2D eigenvalue weighted by Gasteiger charge is 2.44. The quantitative estimate of drug-likeness (QED) is 0.648. The van der Waals surface area contributed by atoms with Crippen LogP contribution in [0.2, 0.25) is 0 Å². The average Bonchev–Trinajstić information content (AvgIpc) is 3.24. The van der Waals surface area contributed by atoms with Gasteiger partial charge in [0, 0.05) is 35.9 Å². The Morgan fingerprint density at radius 2 is 2.06 bits per heavy atom. The monoisotopic (exact) mass is 435 g/mol. The predicted molar refractivity (Wildman–Crippen MR) is 107 cm³/mol. The third kappa shape index (κ3) is 4.44. The van der Waals surface area contributed by atoms with Crippen molar-refractivity contribution >= 4 is 17.5 Å². The fraction of sp³-hybridized carbons (Fsp3) is 0.522. The molecule has 2 heterocycles. The van der Waals surface area contributed by atoms with Gasteiger partial charge in [-0.15, -0.1) is 0 Å². The Morgan fingerprint density at radius 3 is 2.77 bits per heavy atom. The highest BCUT2D eigenvalue weighted by Crippen LogP contribution is 2.44. The van der Waals surface area contributed by atoms with Gasteiger partial charge in [0.1, 0.15) is 12.5 Å². The van der Waals surface area contributed by atoms with Crippen molar-refractivity contribution in [2.75, 3.05) is 13.2 Å². The van der Waals surface area contributed by atoms with Gasteiger partial charge in [0.05, 0.1) is 11.7 Å². The molecule has 1 aliphatic carbocycles. The van der Waals surface area contributed by atoms with Crippen LogP contribution < -0.4 is 0 Å². The van der Waals surface area contributed by atoms with Crippen LogP contribution in [0.3, 0.4) is 0 Å². The number of hydrogen-bond donors (Lipinski definition) is 0. The maximum atomic E-state index is 13.4. The smallest absolute Gasteiger partial charge is 0.416 e. The number of hydrogen-bond acceptors (Lipinski definition) is 5. The van der Waals surface area contributed by atoms with Gasteiger partial charge in [-0.05, 0) is 44.2 Å². The third-order valence-corrected chi connectivity index (χ3v) is 6.10. The van der Waals surface area contributed by atoms with Gasteiger partial charge in [-0.2, -0.15) is 13.2 Å². The standard InChI is InChI=1S/C23H24F3NO4/c1-13-19(22(29)31-12-16-7-4-10-30-16)20(21-17(27-13)8-3-9-18(21)28)14-5-2-6-15(11-14)23(24,25)26/h2,5-6,11,16,19-20H,3-4,7-10,12H2,1H3. The first kappa shape index (κ1) is 21.7. The molecular formula is C23H24F3NO4. The first-order valence-corrected chi connectivity index (χ1v) is 10.5. The molecule has 1 aromatic rings. The van der Waals surface area contributed by atoms with E-state index in [4.69, 9.17) is 9.47 Å². The van der Waals surface area contributed by atoms with Crippen molar-refractivity contribution in [1.29, 1.82) is 0 Å². The number of nitrogens with zero attached hydrogens (tertiary/aromatic N) is 1. The van der Waals surface area contributed by atoms with Gasteiger partial charge in [-0.3, -0.25) is 14.6 Å². The second-order valence-electron chi connectivity index (χ2n) is 8.23. The average molecular weight is 435 g/mol. The van der Waals surface area contributed by atoms with Gasteiger partial charge in [-0.1, -0.05) is 18.2 Å². The van der Waals surface area contributed by atoms with Crippen molar-refractivity contribution < 1.29 is 32.2 Å². The van der Waals surface area contributed by atoms with E-state index < -0.39 is 29.5 Å². The van der Waals surface area contributed by atoms with Crippen LogP contribution >= 0.6 is 0 Å². The van der Waals surface area contributed by atoms with E-state index >= 15 is 0 Å². The van der Waals surface area contributed by atoms with Crippen molar-refractivity contribution in [3.63, 3.8) is 0 Å². The lowest BCUT2D eigenvalue weighted by molar-refractivity contribution is -0.149. The predicted octanol–water partition coefficient (Wildman–Crippen LogP) is 4.61. The van der Waals surface area contributed by atoms with Crippen molar-refractivity contribution in [2.45, 2.75) is 57.2 Å². The normalized spacial score (nSPS) is 26.5. The van der Waals surface area contributed by atoms with Crippen molar-refractivity contribution in [3.8, 4) is 0 Å². The van der Waals surface area contributed by atoms with Crippen LogP contribution in [-0.2, 0) is 25.2 Å². The Bertz CT molecular complexity index is 944. The molecule has 31 heavy (non-hydrogen) atoms. The number of carbonyl (C=O) groups is 2. The number of esters is 1. The Morgan fingerprint density at radius 1 is 1.26 bits per heavy atom. The highest BCUT2D eigenvalue weighted by atomic mass is 19.4. The van der Waals surface area contributed by atoms with Gasteiger partial charge in [-0.25, -0.2) is 0 Å². The van der Waals surface area contributed by atoms with E-state index in [1.165, 1.54) is 12.1 Å². The van der Waals surface area contributed by atoms with Gasteiger partial charge in [0.25, 0.3) is 0 Å². The van der Waals surface area contributed by atoms with Crippen LogP contribution in [0.25, 0.3) is 0 Å². The molecule has 1 saturated heterocycles. The van der Waals surface area contributed by atoms with Gasteiger partial charge in [0.15, 0.2) is 5.78 Å². The first-order chi connectivity index (χ1) is 14.8. The summed E-state index contributed by atoms with van der Waals surface area (Å²) in [7, 11) is 0. The van der Waals surface area contributed by atoms with Crippen LogP contribution in [0.4, 0.5) is 13.2 Å². The van der Waals surface area contributed by atoms with Gasteiger partial charge in [0.2, 0.25) is 0 Å². The number of ketones is 1. The lowest BCUT2D eigenvalue weighted by Crippen LogP contribution is -2.38. The zero-order chi connectivity index (χ0) is 22.2. The molecule has 4 rings (SSSR count). The fourth-order valence-electron chi connectivity index (χ4n) is 4.62. The van der Waals surface area contributed by atoms with Crippen LogP contribution in [0.15, 0.2) is 40.5 Å². The zero-order valence-electron chi connectivity index (χ0n) is 17.2. The molecule has 1 fully saturated rings. The highest BCUT2D eigenvalue weighted by molar-refractivity contribution is 6.08. The minimum Gasteiger partial charge on any atom is -0.462 e. The van der Waals surface area contributed by atoms with Crippen LogP contribution in [-0.4, -0.2) is 36.8 Å². The van der Waals surface area contributed by atoms with E-state index in [0.717, 1.165) is 25.0 Å². The number of ether oxygens (including phenoxy) is 2. The van der Waals surface area contributed by atoms with Crippen molar-refractivity contribution in [1.82, 2.24) is 0 Å². The zero-order valence-corrected chi connectivity index (χ0v) is 17.2. The molecule has 0 spiro atoms. The van der Waals surface area contributed by atoms with E-state index in [0.29, 0.717) is 42.9 Å². The lowest BCUT2D eigenvalue weighted by atomic mass is 9.71. The maximum absolute atomic E-state index is 13.4. The number of aliphatic imine (C=N–C) groups is 1. The van der Waals surface area contributed by atoms with E-state index in [1.54, 1.807) is 6.92 Å². The van der Waals surface area contributed by atoms with E-state index in [-0.39, 0.29) is 24.1 Å². The molecule has 2 aliphatic heterocycles. The number of rotatable bonds is 4. The Balaban J connectivity index is 1.72. The van der Waals surface area contributed by atoms with Crippen molar-refractivity contribution in [2.24, 2.45) is 10.9 Å². The summed E-state index contributed by atoms with van der Waals surface area (Å²) >= 11 is 0. The molecule has 3 aliphatic rings. The molecule has 0 bridgehead atoms. The van der Waals surface area contributed by atoms with E-state index in [1.807, 2.05) is 0 Å². The number of alkyl halides is 3. The summed E-state index contributed by atoms with van der Waals surface area (Å²) in [5, 5.41) is 0. The first-order valence-electron chi connectivity index (χ1n) is 10.5. The molecule has 5 nitrogen and oxygen atoms in total. The number of Topliss-reactive ketones (excluding diaryl/α,β-unsaturated/α-hetero) is 1. The minimum absolute atomic E-state index is 0.0811. The van der Waals surface area contributed by atoms with Crippen LogP contribution in [0.5, 0.6) is 0 Å². The Kier molecular flexibility index (Phi) is 6.01. The Hall–Kier alpha value is -2.48. The van der Waals surface area contributed by atoms with Gasteiger partial charge >= 0.3 is 12.1 Å².